The van der Waals surface area contributed by atoms with Crippen LogP contribution < -0.4 is 10.6 Å². The van der Waals surface area contributed by atoms with E-state index in [-0.39, 0.29) is 17.8 Å². The zero-order chi connectivity index (χ0) is 19.8. The Morgan fingerprint density at radius 1 is 1.21 bits per heavy atom. The summed E-state index contributed by atoms with van der Waals surface area (Å²) >= 11 is 0. The summed E-state index contributed by atoms with van der Waals surface area (Å²) in [6.07, 6.45) is 1.41. The molecule has 0 saturated heterocycles. The van der Waals surface area contributed by atoms with E-state index in [0.29, 0.717) is 11.5 Å². The molecule has 2 N–H and O–H groups in total. The number of anilines is 2. The predicted octanol–water partition coefficient (Wildman–Crippen LogP) is 3.69. The minimum Gasteiger partial charge on any atom is -0.351 e. The van der Waals surface area contributed by atoms with Gasteiger partial charge in [0.25, 0.3) is 0 Å². The maximum absolute atomic E-state index is 14.7. The highest BCUT2D eigenvalue weighted by Gasteiger charge is 2.42. The molecule has 3 unspecified atom stereocenters. The minimum atomic E-state index is -0.597. The number of benzene rings is 2. The lowest BCUT2D eigenvalue weighted by Gasteiger charge is -2.37. The molecular formula is C21H22FN5O. The Morgan fingerprint density at radius 2 is 2.00 bits per heavy atom. The third kappa shape index (κ3) is 3.13. The monoisotopic (exact) mass is 379 g/mol. The van der Waals surface area contributed by atoms with Crippen molar-refractivity contribution in [2.24, 2.45) is 5.92 Å². The van der Waals surface area contributed by atoms with Crippen molar-refractivity contribution in [2.75, 3.05) is 10.6 Å². The van der Waals surface area contributed by atoms with Gasteiger partial charge in [-0.15, -0.1) is 0 Å². The van der Waals surface area contributed by atoms with Crippen LogP contribution in [0.2, 0.25) is 0 Å². The Hall–Kier alpha value is -3.22. The molecule has 0 saturated carbocycles. The Morgan fingerprint density at radius 3 is 2.75 bits per heavy atom. The van der Waals surface area contributed by atoms with Crippen LogP contribution in [0.4, 0.5) is 16.0 Å². The first-order valence-electron chi connectivity index (χ1n) is 9.24. The molecule has 0 bridgehead atoms. The number of rotatable bonds is 3. The third-order valence-corrected chi connectivity index (χ3v) is 5.24. The summed E-state index contributed by atoms with van der Waals surface area (Å²) in [5.41, 5.74) is 3.27. The van der Waals surface area contributed by atoms with Crippen molar-refractivity contribution in [3.8, 4) is 0 Å². The van der Waals surface area contributed by atoms with Crippen LogP contribution in [-0.2, 0) is 4.79 Å². The van der Waals surface area contributed by atoms with Crippen LogP contribution in [0.1, 0.15) is 29.7 Å². The Bertz CT molecular complexity index is 1030. The molecule has 1 amide bonds. The summed E-state index contributed by atoms with van der Waals surface area (Å²) in [6, 6.07) is 11.5. The number of nitrogens with zero attached hydrogens (tertiary/aromatic N) is 3. The van der Waals surface area contributed by atoms with Crippen molar-refractivity contribution in [3.05, 3.63) is 71.3 Å². The smallest absolute Gasteiger partial charge is 0.232 e. The Kier molecular flexibility index (Phi) is 4.58. The van der Waals surface area contributed by atoms with Gasteiger partial charge in [-0.3, -0.25) is 4.79 Å². The fourth-order valence-corrected chi connectivity index (χ4v) is 3.86. The van der Waals surface area contributed by atoms with Gasteiger partial charge in [-0.25, -0.2) is 9.07 Å². The summed E-state index contributed by atoms with van der Waals surface area (Å²) in [7, 11) is 0. The largest absolute Gasteiger partial charge is 0.351 e. The molecule has 2 heterocycles. The molecule has 144 valence electrons. The van der Waals surface area contributed by atoms with Crippen molar-refractivity contribution in [3.63, 3.8) is 0 Å². The van der Waals surface area contributed by atoms with Crippen LogP contribution in [0.15, 0.2) is 48.8 Å². The average molecular weight is 379 g/mol. The molecule has 0 radical (unpaired) electrons. The number of carbonyl (C=O) groups is 1. The number of fused-ring (bicyclic) bond motifs is 1. The van der Waals surface area contributed by atoms with E-state index in [9.17, 15) is 9.18 Å². The van der Waals surface area contributed by atoms with Crippen LogP contribution in [-0.4, -0.2) is 26.7 Å². The molecule has 0 aliphatic carbocycles. The molecular weight excluding hydrogens is 357 g/mol. The van der Waals surface area contributed by atoms with Gasteiger partial charge in [0, 0.05) is 17.3 Å². The number of carbonyl (C=O) groups excluding carboxylic acids is 1. The van der Waals surface area contributed by atoms with Gasteiger partial charge >= 0.3 is 0 Å². The van der Waals surface area contributed by atoms with E-state index in [1.54, 1.807) is 22.9 Å². The summed E-state index contributed by atoms with van der Waals surface area (Å²) in [5.74, 6) is -0.614. The highest BCUT2D eigenvalue weighted by molar-refractivity contribution is 5.94. The summed E-state index contributed by atoms with van der Waals surface area (Å²) < 4.78 is 16.2. The van der Waals surface area contributed by atoms with Gasteiger partial charge in [-0.1, -0.05) is 35.9 Å². The van der Waals surface area contributed by atoms with Gasteiger partial charge in [0.15, 0.2) is 0 Å². The maximum atomic E-state index is 14.7. The molecule has 0 spiro atoms. The standard InChI is InChI=1S/C21H22FN5O/c1-12-8-9-17(13(2)10-12)26-20(28)18-14(3)25-21-23-11-24-27(21)19(18)15-6-4-5-7-16(15)22/h4-11,14,18-19H,1-3H3,(H,26,28)(H,23,24,25). The predicted molar refractivity (Wildman–Crippen MR) is 106 cm³/mol. The molecule has 4 rings (SSSR count). The molecule has 28 heavy (non-hydrogen) atoms. The lowest BCUT2D eigenvalue weighted by atomic mass is 9.85. The van der Waals surface area contributed by atoms with Gasteiger partial charge in [0.2, 0.25) is 11.9 Å². The van der Waals surface area contributed by atoms with Gasteiger partial charge in [0.05, 0.1) is 12.0 Å². The maximum Gasteiger partial charge on any atom is 0.232 e. The van der Waals surface area contributed by atoms with E-state index in [0.717, 1.165) is 16.8 Å². The fourth-order valence-electron chi connectivity index (χ4n) is 3.86. The SMILES string of the molecule is Cc1ccc(NC(=O)C2C(C)Nc3ncnn3C2c2ccccc2F)c(C)c1. The second-order valence-corrected chi connectivity index (χ2v) is 7.26. The molecule has 1 aliphatic rings. The normalized spacial score (nSPS) is 20.9. The van der Waals surface area contributed by atoms with Crippen molar-refractivity contribution < 1.29 is 9.18 Å². The topological polar surface area (TPSA) is 71.8 Å². The van der Waals surface area contributed by atoms with E-state index in [1.807, 2.05) is 39.0 Å². The van der Waals surface area contributed by atoms with Crippen LogP contribution in [0.25, 0.3) is 0 Å². The first-order chi connectivity index (χ1) is 13.5. The lowest BCUT2D eigenvalue weighted by Crippen LogP contribution is -2.47. The van der Waals surface area contributed by atoms with E-state index in [4.69, 9.17) is 0 Å². The first kappa shape index (κ1) is 18.2. The van der Waals surface area contributed by atoms with Crippen molar-refractivity contribution in [2.45, 2.75) is 32.9 Å². The summed E-state index contributed by atoms with van der Waals surface area (Å²) in [5, 5.41) is 10.5. The molecule has 3 atom stereocenters. The van der Waals surface area contributed by atoms with E-state index in [1.165, 1.54) is 12.4 Å². The first-order valence-corrected chi connectivity index (χ1v) is 9.24. The van der Waals surface area contributed by atoms with Crippen LogP contribution in [0.5, 0.6) is 0 Å². The Labute approximate surface area is 162 Å². The second kappa shape index (κ2) is 7.07. The number of halogens is 1. The second-order valence-electron chi connectivity index (χ2n) is 7.26. The number of hydrogen-bond donors (Lipinski definition) is 2. The average Bonchev–Trinajstić information content (AvgIpc) is 3.11. The van der Waals surface area contributed by atoms with E-state index in [2.05, 4.69) is 20.7 Å². The van der Waals surface area contributed by atoms with Gasteiger partial charge in [-0.2, -0.15) is 10.1 Å². The van der Waals surface area contributed by atoms with Crippen molar-refractivity contribution >= 4 is 17.5 Å². The molecule has 0 fully saturated rings. The minimum absolute atomic E-state index is 0.193. The summed E-state index contributed by atoms with van der Waals surface area (Å²) in [6.45, 7) is 5.86. The van der Waals surface area contributed by atoms with Gasteiger partial charge in [-0.05, 0) is 38.5 Å². The fraction of sp³-hybridized carbons (Fsp3) is 0.286. The molecule has 7 heteroatoms. The molecule has 1 aromatic heterocycles. The number of nitrogens with one attached hydrogen (secondary N) is 2. The van der Waals surface area contributed by atoms with Crippen LogP contribution >= 0.6 is 0 Å². The van der Waals surface area contributed by atoms with Crippen molar-refractivity contribution in [1.82, 2.24) is 14.8 Å². The van der Waals surface area contributed by atoms with E-state index >= 15 is 0 Å². The Balaban J connectivity index is 1.75. The quantitative estimate of drug-likeness (QED) is 0.728. The molecule has 2 aromatic carbocycles. The molecule has 6 nitrogen and oxygen atoms in total. The molecule has 1 aliphatic heterocycles. The highest BCUT2D eigenvalue weighted by Crippen LogP contribution is 2.37. The lowest BCUT2D eigenvalue weighted by molar-refractivity contribution is -0.121. The number of amides is 1. The van der Waals surface area contributed by atoms with Crippen LogP contribution in [0.3, 0.4) is 0 Å². The zero-order valence-corrected chi connectivity index (χ0v) is 16.0. The third-order valence-electron chi connectivity index (χ3n) is 5.24. The zero-order valence-electron chi connectivity index (χ0n) is 16.0. The highest BCUT2D eigenvalue weighted by atomic mass is 19.1. The number of aryl methyl sites for hydroxylation is 2. The van der Waals surface area contributed by atoms with Crippen LogP contribution in [0, 0.1) is 25.6 Å². The van der Waals surface area contributed by atoms with Gasteiger partial charge < -0.3 is 10.6 Å². The number of hydrogen-bond acceptors (Lipinski definition) is 4. The summed E-state index contributed by atoms with van der Waals surface area (Å²) in [4.78, 5) is 17.5. The van der Waals surface area contributed by atoms with E-state index < -0.39 is 12.0 Å². The number of aromatic nitrogens is 3. The van der Waals surface area contributed by atoms with Gasteiger partial charge in [0.1, 0.15) is 12.1 Å². The van der Waals surface area contributed by atoms with Crippen molar-refractivity contribution in [1.29, 1.82) is 0 Å². The molecule has 3 aromatic rings.